The summed E-state index contributed by atoms with van der Waals surface area (Å²) < 4.78 is 13.2. The summed E-state index contributed by atoms with van der Waals surface area (Å²) in [5.74, 6) is 2.10. The molecule has 0 saturated heterocycles. The second-order valence-electron chi connectivity index (χ2n) is 2.87. The SMILES string of the molecule is C#Cc1c(F)cccc1C(C)C=C. The third-order valence-corrected chi connectivity index (χ3v) is 2.03. The summed E-state index contributed by atoms with van der Waals surface area (Å²) in [6.07, 6.45) is 6.97. The van der Waals surface area contributed by atoms with E-state index in [9.17, 15) is 4.39 Å². The first kappa shape index (κ1) is 9.54. The fraction of sp³-hybridized carbons (Fsp3) is 0.167. The molecule has 1 aromatic rings. The Morgan fingerprint density at radius 2 is 2.31 bits per heavy atom. The van der Waals surface area contributed by atoms with Crippen molar-refractivity contribution in [2.24, 2.45) is 0 Å². The maximum atomic E-state index is 13.2. The minimum Gasteiger partial charge on any atom is -0.206 e. The zero-order valence-corrected chi connectivity index (χ0v) is 7.55. The number of hydrogen-bond donors (Lipinski definition) is 0. The third kappa shape index (κ3) is 1.78. The van der Waals surface area contributed by atoms with Gasteiger partial charge in [-0.3, -0.25) is 0 Å². The van der Waals surface area contributed by atoms with Crippen LogP contribution in [-0.4, -0.2) is 0 Å². The zero-order valence-electron chi connectivity index (χ0n) is 7.55. The number of terminal acetylenes is 1. The van der Waals surface area contributed by atoms with Gasteiger partial charge in [0.25, 0.3) is 0 Å². The van der Waals surface area contributed by atoms with Crippen LogP contribution in [0.1, 0.15) is 24.0 Å². The van der Waals surface area contributed by atoms with Crippen LogP contribution in [-0.2, 0) is 0 Å². The van der Waals surface area contributed by atoms with Crippen LogP contribution in [0, 0.1) is 18.2 Å². The zero-order chi connectivity index (χ0) is 9.84. The maximum absolute atomic E-state index is 13.2. The molecule has 0 saturated carbocycles. The van der Waals surface area contributed by atoms with Crippen molar-refractivity contribution in [3.8, 4) is 12.3 Å². The molecule has 0 spiro atoms. The molecule has 1 heteroatoms. The van der Waals surface area contributed by atoms with Crippen molar-refractivity contribution in [2.45, 2.75) is 12.8 Å². The Morgan fingerprint density at radius 3 is 2.85 bits per heavy atom. The summed E-state index contributed by atoms with van der Waals surface area (Å²) in [7, 11) is 0. The van der Waals surface area contributed by atoms with Gasteiger partial charge in [-0.05, 0) is 11.6 Å². The van der Waals surface area contributed by atoms with E-state index >= 15 is 0 Å². The number of rotatable bonds is 2. The Labute approximate surface area is 78.1 Å². The van der Waals surface area contributed by atoms with Crippen LogP contribution < -0.4 is 0 Å². The lowest BCUT2D eigenvalue weighted by Gasteiger charge is -2.09. The van der Waals surface area contributed by atoms with Gasteiger partial charge < -0.3 is 0 Å². The van der Waals surface area contributed by atoms with Crippen molar-refractivity contribution in [3.05, 3.63) is 47.8 Å². The van der Waals surface area contributed by atoms with Gasteiger partial charge >= 0.3 is 0 Å². The standard InChI is InChI=1S/C12H11F/c1-4-9(3)11-7-6-8-12(13)10(11)5-2/h2,4,6-9H,1H2,3H3. The molecule has 0 fully saturated rings. The first-order valence-electron chi connectivity index (χ1n) is 4.08. The van der Waals surface area contributed by atoms with Crippen molar-refractivity contribution in [1.82, 2.24) is 0 Å². The first-order valence-corrected chi connectivity index (χ1v) is 4.08. The van der Waals surface area contributed by atoms with Crippen LogP contribution in [0.15, 0.2) is 30.9 Å². The van der Waals surface area contributed by atoms with Crippen LogP contribution in [0.5, 0.6) is 0 Å². The van der Waals surface area contributed by atoms with Crippen LogP contribution in [0.4, 0.5) is 4.39 Å². The Hall–Kier alpha value is -1.55. The maximum Gasteiger partial charge on any atom is 0.139 e. The molecule has 66 valence electrons. The molecule has 0 heterocycles. The lowest BCUT2D eigenvalue weighted by molar-refractivity contribution is 0.621. The van der Waals surface area contributed by atoms with Gasteiger partial charge in [-0.2, -0.15) is 0 Å². The summed E-state index contributed by atoms with van der Waals surface area (Å²) in [5.41, 5.74) is 1.16. The highest BCUT2D eigenvalue weighted by atomic mass is 19.1. The first-order chi connectivity index (χ1) is 6.20. The van der Waals surface area contributed by atoms with Gasteiger partial charge in [0.2, 0.25) is 0 Å². The molecule has 13 heavy (non-hydrogen) atoms. The van der Waals surface area contributed by atoms with Gasteiger partial charge in [0.15, 0.2) is 0 Å². The Balaban J connectivity index is 3.29. The topological polar surface area (TPSA) is 0 Å². The predicted octanol–water partition coefficient (Wildman–Crippen LogP) is 3.10. The molecule has 0 N–H and O–H groups in total. The van der Waals surface area contributed by atoms with Crippen molar-refractivity contribution >= 4 is 0 Å². The van der Waals surface area contributed by atoms with E-state index in [-0.39, 0.29) is 11.7 Å². The van der Waals surface area contributed by atoms with Gasteiger partial charge in [0.1, 0.15) is 5.82 Å². The minimum absolute atomic E-state index is 0.0850. The fourth-order valence-corrected chi connectivity index (χ4v) is 1.20. The van der Waals surface area contributed by atoms with E-state index in [0.717, 1.165) is 5.56 Å². The highest BCUT2D eigenvalue weighted by Gasteiger charge is 2.09. The molecular weight excluding hydrogens is 163 g/mol. The van der Waals surface area contributed by atoms with Gasteiger partial charge in [-0.15, -0.1) is 13.0 Å². The summed E-state index contributed by atoms with van der Waals surface area (Å²) in [6, 6.07) is 4.85. The van der Waals surface area contributed by atoms with E-state index in [1.54, 1.807) is 12.1 Å². The molecule has 1 atom stereocenters. The van der Waals surface area contributed by atoms with Crippen molar-refractivity contribution < 1.29 is 4.39 Å². The summed E-state index contributed by atoms with van der Waals surface area (Å²) >= 11 is 0. The van der Waals surface area contributed by atoms with E-state index in [1.807, 2.05) is 13.0 Å². The Bertz CT molecular complexity index is 358. The van der Waals surface area contributed by atoms with E-state index in [0.29, 0.717) is 5.56 Å². The Morgan fingerprint density at radius 1 is 1.62 bits per heavy atom. The predicted molar refractivity (Wildman–Crippen MR) is 52.9 cm³/mol. The molecule has 1 unspecified atom stereocenters. The molecule has 0 aliphatic rings. The third-order valence-electron chi connectivity index (χ3n) is 2.03. The molecule has 0 radical (unpaired) electrons. The smallest absolute Gasteiger partial charge is 0.139 e. The second kappa shape index (κ2) is 3.91. The summed E-state index contributed by atoms with van der Waals surface area (Å²) in [4.78, 5) is 0. The quantitative estimate of drug-likeness (QED) is 0.477. The molecule has 0 amide bonds. The monoisotopic (exact) mass is 174 g/mol. The van der Waals surface area contributed by atoms with E-state index in [2.05, 4.69) is 12.5 Å². The average molecular weight is 174 g/mol. The van der Waals surface area contributed by atoms with Gasteiger partial charge in [0, 0.05) is 5.92 Å². The minimum atomic E-state index is -0.339. The van der Waals surface area contributed by atoms with Gasteiger partial charge in [-0.1, -0.05) is 31.1 Å². The summed E-state index contributed by atoms with van der Waals surface area (Å²) in [5, 5.41) is 0. The molecule has 0 aliphatic heterocycles. The van der Waals surface area contributed by atoms with Crippen LogP contribution in [0.25, 0.3) is 0 Å². The molecule has 0 bridgehead atoms. The molecule has 1 aromatic carbocycles. The van der Waals surface area contributed by atoms with Gasteiger partial charge in [0.05, 0.1) is 5.56 Å². The number of hydrogen-bond acceptors (Lipinski definition) is 0. The van der Waals surface area contributed by atoms with E-state index < -0.39 is 0 Å². The van der Waals surface area contributed by atoms with Crippen LogP contribution >= 0.6 is 0 Å². The average Bonchev–Trinajstić information content (AvgIpc) is 2.16. The molecule has 1 rings (SSSR count). The van der Waals surface area contributed by atoms with Crippen molar-refractivity contribution in [2.75, 3.05) is 0 Å². The van der Waals surface area contributed by atoms with E-state index in [1.165, 1.54) is 6.07 Å². The van der Waals surface area contributed by atoms with Crippen molar-refractivity contribution in [1.29, 1.82) is 0 Å². The molecule has 0 nitrogen and oxygen atoms in total. The van der Waals surface area contributed by atoms with Crippen LogP contribution in [0.2, 0.25) is 0 Å². The highest BCUT2D eigenvalue weighted by molar-refractivity contribution is 5.43. The van der Waals surface area contributed by atoms with E-state index in [4.69, 9.17) is 6.42 Å². The molecular formula is C12H11F. The van der Waals surface area contributed by atoms with Crippen LogP contribution in [0.3, 0.4) is 0 Å². The van der Waals surface area contributed by atoms with Crippen molar-refractivity contribution in [3.63, 3.8) is 0 Å². The fourth-order valence-electron chi connectivity index (χ4n) is 1.20. The number of allylic oxidation sites excluding steroid dienone is 1. The number of halogens is 1. The lowest BCUT2D eigenvalue weighted by atomic mass is 9.96. The van der Waals surface area contributed by atoms with Gasteiger partial charge in [-0.25, -0.2) is 4.39 Å². The Kier molecular flexibility index (Phi) is 2.87. The highest BCUT2D eigenvalue weighted by Crippen LogP contribution is 2.21. The largest absolute Gasteiger partial charge is 0.206 e. The molecule has 0 aromatic heterocycles. The summed E-state index contributed by atoms with van der Waals surface area (Å²) in [6.45, 7) is 5.58. The normalized spacial score (nSPS) is 11.8. The second-order valence-corrected chi connectivity index (χ2v) is 2.87. The molecule has 0 aliphatic carbocycles. The lowest BCUT2D eigenvalue weighted by Crippen LogP contribution is -1.96. The number of benzene rings is 1.